The normalized spacial score (nSPS) is 12.5. The summed E-state index contributed by atoms with van der Waals surface area (Å²) in [5, 5.41) is 0. The molecule has 2 heterocycles. The maximum Gasteiger partial charge on any atom is 0.131 e. The number of nitrogens with zero attached hydrogens (tertiary/aromatic N) is 2. The molecule has 0 radical (unpaired) electrons. The van der Waals surface area contributed by atoms with Crippen LogP contribution in [0.1, 0.15) is 17.4 Å². The Balaban J connectivity index is 2.10. The maximum absolute atomic E-state index is 5.53. The Morgan fingerprint density at radius 3 is 2.59 bits per heavy atom. The zero-order chi connectivity index (χ0) is 11.5. The molecule has 0 fully saturated rings. The molecular weight excluding hydrogens is 212 g/mol. The van der Waals surface area contributed by atoms with Gasteiger partial charge in [-0.2, -0.15) is 0 Å². The van der Waals surface area contributed by atoms with Gasteiger partial charge in [0.1, 0.15) is 11.8 Å². The van der Waals surface area contributed by atoms with Gasteiger partial charge in [0.15, 0.2) is 0 Å². The third-order valence-electron chi connectivity index (χ3n) is 2.75. The monoisotopic (exact) mass is 224 g/mol. The number of aromatic nitrogens is 2. The molecule has 0 N–H and O–H groups in total. The minimum absolute atomic E-state index is 0.0497. The maximum atomic E-state index is 5.53. The second-order valence-electron chi connectivity index (χ2n) is 3.84. The second kappa shape index (κ2) is 4.29. The quantitative estimate of drug-likeness (QED) is 0.684. The van der Waals surface area contributed by atoms with E-state index in [2.05, 4.69) is 17.1 Å². The molecule has 1 aromatic carbocycles. The summed E-state index contributed by atoms with van der Waals surface area (Å²) < 4.78 is 7.56. The highest BCUT2D eigenvalue weighted by atomic mass is 16.3. The molecule has 3 heteroatoms. The van der Waals surface area contributed by atoms with E-state index in [9.17, 15) is 0 Å². The standard InChI is InChI=1S/C14H12N2O/c1-2-5-12(6-3-1)14(13-7-4-10-17-13)16-9-8-15-11-16/h1-11,14H. The average Bonchev–Trinajstić information content (AvgIpc) is 3.04. The van der Waals surface area contributed by atoms with Gasteiger partial charge in [-0.15, -0.1) is 0 Å². The molecule has 1 unspecified atom stereocenters. The predicted molar refractivity (Wildman–Crippen MR) is 64.6 cm³/mol. The molecule has 0 aliphatic heterocycles. The van der Waals surface area contributed by atoms with Gasteiger partial charge in [0.2, 0.25) is 0 Å². The highest BCUT2D eigenvalue weighted by molar-refractivity contribution is 5.27. The first-order valence-corrected chi connectivity index (χ1v) is 5.51. The topological polar surface area (TPSA) is 31.0 Å². The van der Waals surface area contributed by atoms with Gasteiger partial charge in [-0.3, -0.25) is 0 Å². The molecular formula is C14H12N2O. The molecule has 3 aromatic rings. The first-order chi connectivity index (χ1) is 8.45. The number of benzene rings is 1. The van der Waals surface area contributed by atoms with E-state index in [0.717, 1.165) is 5.76 Å². The number of imidazole rings is 1. The molecule has 3 nitrogen and oxygen atoms in total. The van der Waals surface area contributed by atoms with Crippen molar-refractivity contribution in [1.82, 2.24) is 9.55 Å². The summed E-state index contributed by atoms with van der Waals surface area (Å²) in [7, 11) is 0. The van der Waals surface area contributed by atoms with Gasteiger partial charge in [-0.1, -0.05) is 30.3 Å². The SMILES string of the molecule is c1ccc(C(c2ccco2)n2ccnc2)cc1. The first kappa shape index (κ1) is 9.90. The van der Waals surface area contributed by atoms with Crippen molar-refractivity contribution in [3.05, 3.63) is 78.8 Å². The number of furan rings is 1. The molecule has 3 rings (SSSR count). The van der Waals surface area contributed by atoms with Gasteiger partial charge in [-0.25, -0.2) is 4.98 Å². The lowest BCUT2D eigenvalue weighted by atomic mass is 10.0. The summed E-state index contributed by atoms with van der Waals surface area (Å²) in [5.41, 5.74) is 1.18. The van der Waals surface area contributed by atoms with Crippen molar-refractivity contribution < 1.29 is 4.42 Å². The van der Waals surface area contributed by atoms with Crippen molar-refractivity contribution in [3.8, 4) is 0 Å². The fourth-order valence-electron chi connectivity index (χ4n) is 1.99. The van der Waals surface area contributed by atoms with Crippen LogP contribution in [-0.4, -0.2) is 9.55 Å². The van der Waals surface area contributed by atoms with Crippen LogP contribution in [0.5, 0.6) is 0 Å². The van der Waals surface area contributed by atoms with Gasteiger partial charge < -0.3 is 8.98 Å². The van der Waals surface area contributed by atoms with Crippen LogP contribution in [0.15, 0.2) is 71.9 Å². The lowest BCUT2D eigenvalue weighted by Gasteiger charge is -2.16. The van der Waals surface area contributed by atoms with Crippen LogP contribution in [-0.2, 0) is 0 Å². The molecule has 0 saturated heterocycles. The van der Waals surface area contributed by atoms with E-state index in [-0.39, 0.29) is 6.04 Å². The van der Waals surface area contributed by atoms with Crippen LogP contribution < -0.4 is 0 Å². The lowest BCUT2D eigenvalue weighted by Crippen LogP contribution is -2.09. The van der Waals surface area contributed by atoms with E-state index >= 15 is 0 Å². The molecule has 0 saturated carbocycles. The molecule has 84 valence electrons. The summed E-state index contributed by atoms with van der Waals surface area (Å²) in [6.07, 6.45) is 7.22. The third-order valence-corrected chi connectivity index (χ3v) is 2.75. The fourth-order valence-corrected chi connectivity index (χ4v) is 1.99. The molecule has 0 spiro atoms. The molecule has 1 atom stereocenters. The highest BCUT2D eigenvalue weighted by Gasteiger charge is 2.17. The van der Waals surface area contributed by atoms with E-state index in [4.69, 9.17) is 4.42 Å². The van der Waals surface area contributed by atoms with Crippen LogP contribution in [0.25, 0.3) is 0 Å². The van der Waals surface area contributed by atoms with E-state index in [1.807, 2.05) is 41.1 Å². The lowest BCUT2D eigenvalue weighted by molar-refractivity contribution is 0.460. The van der Waals surface area contributed by atoms with Crippen LogP contribution in [0, 0.1) is 0 Å². The predicted octanol–water partition coefficient (Wildman–Crippen LogP) is 3.11. The Morgan fingerprint density at radius 1 is 1.06 bits per heavy atom. The van der Waals surface area contributed by atoms with Crippen LogP contribution in [0.2, 0.25) is 0 Å². The number of rotatable bonds is 3. The fraction of sp³-hybridized carbons (Fsp3) is 0.0714. The van der Waals surface area contributed by atoms with Crippen LogP contribution in [0.3, 0.4) is 0 Å². The van der Waals surface area contributed by atoms with Crippen LogP contribution in [0.4, 0.5) is 0 Å². The molecule has 0 aliphatic rings. The zero-order valence-electron chi connectivity index (χ0n) is 9.23. The van der Waals surface area contributed by atoms with Gasteiger partial charge in [0, 0.05) is 12.4 Å². The van der Waals surface area contributed by atoms with E-state index < -0.39 is 0 Å². The summed E-state index contributed by atoms with van der Waals surface area (Å²) in [5.74, 6) is 0.911. The highest BCUT2D eigenvalue weighted by Crippen LogP contribution is 2.26. The van der Waals surface area contributed by atoms with E-state index in [1.165, 1.54) is 5.56 Å². The molecule has 0 amide bonds. The second-order valence-corrected chi connectivity index (χ2v) is 3.84. The van der Waals surface area contributed by atoms with Gasteiger partial charge >= 0.3 is 0 Å². The minimum Gasteiger partial charge on any atom is -0.467 e. The van der Waals surface area contributed by atoms with Crippen molar-refractivity contribution in [2.45, 2.75) is 6.04 Å². The minimum atomic E-state index is 0.0497. The Kier molecular flexibility index (Phi) is 2.50. The summed E-state index contributed by atoms with van der Waals surface area (Å²) in [6, 6.07) is 14.2. The average molecular weight is 224 g/mol. The summed E-state index contributed by atoms with van der Waals surface area (Å²) in [6.45, 7) is 0. The first-order valence-electron chi connectivity index (χ1n) is 5.51. The molecule has 2 aromatic heterocycles. The molecule has 0 aliphatic carbocycles. The van der Waals surface area contributed by atoms with Crippen molar-refractivity contribution in [2.75, 3.05) is 0 Å². The Hall–Kier alpha value is -2.29. The molecule has 17 heavy (non-hydrogen) atoms. The Morgan fingerprint density at radius 2 is 1.94 bits per heavy atom. The van der Waals surface area contributed by atoms with Crippen LogP contribution >= 0.6 is 0 Å². The van der Waals surface area contributed by atoms with Gasteiger partial charge in [0.05, 0.1) is 12.6 Å². The molecule has 0 bridgehead atoms. The number of hydrogen-bond acceptors (Lipinski definition) is 2. The van der Waals surface area contributed by atoms with E-state index in [1.54, 1.807) is 18.8 Å². The summed E-state index contributed by atoms with van der Waals surface area (Å²) in [4.78, 5) is 4.10. The van der Waals surface area contributed by atoms with Crippen molar-refractivity contribution >= 4 is 0 Å². The Bertz CT molecular complexity index is 521. The van der Waals surface area contributed by atoms with Crippen molar-refractivity contribution in [2.24, 2.45) is 0 Å². The van der Waals surface area contributed by atoms with Crippen molar-refractivity contribution in [3.63, 3.8) is 0 Å². The zero-order valence-corrected chi connectivity index (χ0v) is 9.23. The van der Waals surface area contributed by atoms with Crippen molar-refractivity contribution in [1.29, 1.82) is 0 Å². The largest absolute Gasteiger partial charge is 0.467 e. The summed E-state index contributed by atoms with van der Waals surface area (Å²) >= 11 is 0. The smallest absolute Gasteiger partial charge is 0.131 e. The number of hydrogen-bond donors (Lipinski definition) is 0. The van der Waals surface area contributed by atoms with Gasteiger partial charge in [0.25, 0.3) is 0 Å². The van der Waals surface area contributed by atoms with Gasteiger partial charge in [-0.05, 0) is 17.7 Å². The Labute approximate surface area is 99.3 Å². The third kappa shape index (κ3) is 1.87. The van der Waals surface area contributed by atoms with E-state index in [0.29, 0.717) is 0 Å².